The fraction of sp³-hybridized carbons (Fsp3) is 0.882. The van der Waals surface area contributed by atoms with Crippen LogP contribution in [0.3, 0.4) is 0 Å². The molecule has 0 amide bonds. The smallest absolute Gasteiger partial charge is 0.0706 e. The molecule has 1 aliphatic heterocycles. The molecule has 3 atom stereocenters. The van der Waals surface area contributed by atoms with Crippen molar-refractivity contribution in [2.24, 2.45) is 17.8 Å². The summed E-state index contributed by atoms with van der Waals surface area (Å²) >= 11 is 0. The van der Waals surface area contributed by atoms with Crippen LogP contribution in [0.2, 0.25) is 0 Å². The lowest BCUT2D eigenvalue weighted by Crippen LogP contribution is -2.42. The Morgan fingerprint density at radius 1 is 1.21 bits per heavy atom. The Hall–Kier alpha value is -0.340. The zero-order valence-corrected chi connectivity index (χ0v) is 12.7. The Balaban J connectivity index is 1.69. The van der Waals surface area contributed by atoms with Gasteiger partial charge in [-0.05, 0) is 62.8 Å². The first kappa shape index (κ1) is 15.1. The van der Waals surface area contributed by atoms with Crippen LogP contribution in [0.15, 0.2) is 12.7 Å². The maximum atomic E-state index is 6.31. The van der Waals surface area contributed by atoms with Crippen LogP contribution >= 0.6 is 0 Å². The monoisotopic (exact) mass is 265 g/mol. The lowest BCUT2D eigenvalue weighted by molar-refractivity contribution is -0.0545. The largest absolute Gasteiger partial charge is 0.374 e. The molecule has 1 aliphatic carbocycles. The third-order valence-electron chi connectivity index (χ3n) is 4.98. The zero-order chi connectivity index (χ0) is 13.7. The summed E-state index contributed by atoms with van der Waals surface area (Å²) in [6.45, 7) is 10.8. The predicted octanol–water partition coefficient (Wildman–Crippen LogP) is 3.77. The van der Waals surface area contributed by atoms with E-state index in [-0.39, 0.29) is 0 Å². The quantitative estimate of drug-likeness (QED) is 0.764. The van der Waals surface area contributed by atoms with Crippen molar-refractivity contribution in [3.05, 3.63) is 12.7 Å². The number of piperidine rings is 1. The molecule has 1 saturated heterocycles. The molecule has 2 heteroatoms. The summed E-state index contributed by atoms with van der Waals surface area (Å²) in [5.41, 5.74) is 0. The molecule has 0 aromatic rings. The van der Waals surface area contributed by atoms with Crippen LogP contribution in [-0.4, -0.2) is 25.3 Å². The van der Waals surface area contributed by atoms with E-state index in [4.69, 9.17) is 4.74 Å². The molecule has 0 aromatic heterocycles. The van der Waals surface area contributed by atoms with E-state index in [1.165, 1.54) is 38.5 Å². The number of nitrogens with one attached hydrogen (secondary N) is 1. The second-order valence-corrected chi connectivity index (χ2v) is 6.80. The number of rotatable bonds is 5. The fourth-order valence-electron chi connectivity index (χ4n) is 3.73. The highest BCUT2D eigenvalue weighted by Crippen LogP contribution is 2.34. The molecule has 0 aromatic carbocycles. The van der Waals surface area contributed by atoms with Gasteiger partial charge in [0, 0.05) is 6.54 Å². The maximum Gasteiger partial charge on any atom is 0.0706 e. The van der Waals surface area contributed by atoms with Gasteiger partial charge >= 0.3 is 0 Å². The average Bonchev–Trinajstić information content (AvgIpc) is 2.40. The van der Waals surface area contributed by atoms with Crippen molar-refractivity contribution in [3.63, 3.8) is 0 Å². The third kappa shape index (κ3) is 4.61. The van der Waals surface area contributed by atoms with Gasteiger partial charge in [-0.3, -0.25) is 0 Å². The van der Waals surface area contributed by atoms with Crippen molar-refractivity contribution >= 4 is 0 Å². The summed E-state index contributed by atoms with van der Waals surface area (Å²) in [5, 5.41) is 3.48. The first-order valence-electron chi connectivity index (χ1n) is 8.16. The van der Waals surface area contributed by atoms with Crippen LogP contribution in [0.1, 0.15) is 52.4 Å². The van der Waals surface area contributed by atoms with Crippen LogP contribution in [0.25, 0.3) is 0 Å². The summed E-state index contributed by atoms with van der Waals surface area (Å²) < 4.78 is 6.31. The normalized spacial score (nSPS) is 37.8. The molecule has 2 aliphatic rings. The van der Waals surface area contributed by atoms with Gasteiger partial charge in [-0.1, -0.05) is 19.9 Å². The highest BCUT2D eigenvalue weighted by molar-refractivity contribution is 4.82. The highest BCUT2D eigenvalue weighted by Gasteiger charge is 2.28. The van der Waals surface area contributed by atoms with E-state index in [1.807, 2.05) is 0 Å². The van der Waals surface area contributed by atoms with Crippen LogP contribution < -0.4 is 5.32 Å². The van der Waals surface area contributed by atoms with E-state index in [2.05, 4.69) is 31.8 Å². The molecule has 1 saturated carbocycles. The lowest BCUT2D eigenvalue weighted by atomic mass is 9.78. The Labute approximate surface area is 119 Å². The van der Waals surface area contributed by atoms with E-state index >= 15 is 0 Å². The molecule has 19 heavy (non-hydrogen) atoms. The molecule has 0 bridgehead atoms. The Morgan fingerprint density at radius 2 is 1.95 bits per heavy atom. The van der Waals surface area contributed by atoms with Gasteiger partial charge in [-0.15, -0.1) is 6.58 Å². The Morgan fingerprint density at radius 3 is 2.58 bits per heavy atom. The van der Waals surface area contributed by atoms with Crippen molar-refractivity contribution in [1.29, 1.82) is 0 Å². The van der Waals surface area contributed by atoms with Crippen LogP contribution in [0.5, 0.6) is 0 Å². The first-order valence-corrected chi connectivity index (χ1v) is 8.16. The van der Waals surface area contributed by atoms with Crippen molar-refractivity contribution in [2.75, 3.05) is 13.1 Å². The van der Waals surface area contributed by atoms with Crippen molar-refractivity contribution in [2.45, 2.75) is 64.6 Å². The standard InChI is InChI=1S/C17H31NO/c1-4-5-14(3)15-6-8-16(9-7-15)19-17-10-13(2)11-18-12-17/h4,13-18H,1,5-12H2,2-3H3/t13-,14-,15?,16?,17+/m0/s1. The molecular weight excluding hydrogens is 234 g/mol. The molecule has 110 valence electrons. The molecule has 0 radical (unpaired) electrons. The van der Waals surface area contributed by atoms with Crippen LogP contribution in [0, 0.1) is 17.8 Å². The van der Waals surface area contributed by atoms with Gasteiger partial charge in [0.25, 0.3) is 0 Å². The molecule has 2 nitrogen and oxygen atoms in total. The van der Waals surface area contributed by atoms with Gasteiger partial charge in [-0.25, -0.2) is 0 Å². The van der Waals surface area contributed by atoms with E-state index in [9.17, 15) is 0 Å². The molecule has 2 rings (SSSR count). The van der Waals surface area contributed by atoms with Crippen LogP contribution in [-0.2, 0) is 4.74 Å². The van der Waals surface area contributed by atoms with Gasteiger partial charge in [-0.2, -0.15) is 0 Å². The SMILES string of the molecule is C=CC[C@H](C)C1CCC(O[C@H]2CNC[C@@H](C)C2)CC1. The molecule has 2 fully saturated rings. The second-order valence-electron chi connectivity index (χ2n) is 6.80. The Bertz CT molecular complexity index is 270. The summed E-state index contributed by atoms with van der Waals surface area (Å²) in [5.74, 6) is 2.46. The van der Waals surface area contributed by atoms with Gasteiger partial charge in [0.1, 0.15) is 0 Å². The summed E-state index contributed by atoms with van der Waals surface area (Å²) in [6, 6.07) is 0. The van der Waals surface area contributed by atoms with Gasteiger partial charge in [0.15, 0.2) is 0 Å². The molecule has 0 unspecified atom stereocenters. The summed E-state index contributed by atoms with van der Waals surface area (Å²) in [7, 11) is 0. The average molecular weight is 265 g/mol. The summed E-state index contributed by atoms with van der Waals surface area (Å²) in [6.07, 6.45) is 10.7. The van der Waals surface area contributed by atoms with Crippen molar-refractivity contribution in [1.82, 2.24) is 5.32 Å². The van der Waals surface area contributed by atoms with Crippen molar-refractivity contribution < 1.29 is 4.74 Å². The minimum atomic E-state index is 0.455. The van der Waals surface area contributed by atoms with E-state index in [0.29, 0.717) is 12.2 Å². The summed E-state index contributed by atoms with van der Waals surface area (Å²) in [4.78, 5) is 0. The first-order chi connectivity index (χ1) is 9.19. The van der Waals surface area contributed by atoms with Gasteiger partial charge < -0.3 is 10.1 Å². The zero-order valence-electron chi connectivity index (χ0n) is 12.7. The van der Waals surface area contributed by atoms with Crippen molar-refractivity contribution in [3.8, 4) is 0 Å². The second kappa shape index (κ2) is 7.44. The van der Waals surface area contributed by atoms with Gasteiger partial charge in [0.2, 0.25) is 0 Å². The molecular formula is C17H31NO. The number of hydrogen-bond acceptors (Lipinski definition) is 2. The highest BCUT2D eigenvalue weighted by atomic mass is 16.5. The van der Waals surface area contributed by atoms with E-state index in [1.54, 1.807) is 0 Å². The van der Waals surface area contributed by atoms with E-state index < -0.39 is 0 Å². The third-order valence-corrected chi connectivity index (χ3v) is 4.98. The van der Waals surface area contributed by atoms with E-state index in [0.717, 1.165) is 30.8 Å². The topological polar surface area (TPSA) is 21.3 Å². The molecule has 1 heterocycles. The maximum absolute atomic E-state index is 6.31. The Kier molecular flexibility index (Phi) is 5.90. The molecule has 0 spiro atoms. The van der Waals surface area contributed by atoms with Crippen LogP contribution in [0.4, 0.5) is 0 Å². The lowest BCUT2D eigenvalue weighted by Gasteiger charge is -2.36. The number of hydrogen-bond donors (Lipinski definition) is 1. The van der Waals surface area contributed by atoms with Gasteiger partial charge in [0.05, 0.1) is 12.2 Å². The number of allylic oxidation sites excluding steroid dienone is 1. The number of ether oxygens (including phenoxy) is 1. The fourth-order valence-corrected chi connectivity index (χ4v) is 3.73. The minimum absolute atomic E-state index is 0.455. The predicted molar refractivity (Wildman–Crippen MR) is 81.2 cm³/mol. The molecule has 1 N–H and O–H groups in total. The minimum Gasteiger partial charge on any atom is -0.374 e.